The molecule has 23 heavy (non-hydrogen) atoms. The van der Waals surface area contributed by atoms with Gasteiger partial charge >= 0.3 is 0 Å². The van der Waals surface area contributed by atoms with Gasteiger partial charge in [-0.2, -0.15) is 0 Å². The van der Waals surface area contributed by atoms with Gasteiger partial charge in [0.2, 0.25) is 0 Å². The van der Waals surface area contributed by atoms with Gasteiger partial charge in [-0.15, -0.1) is 0 Å². The van der Waals surface area contributed by atoms with Gasteiger partial charge in [-0.25, -0.2) is 0 Å². The minimum atomic E-state index is 0.613. The van der Waals surface area contributed by atoms with Gasteiger partial charge in [0.1, 0.15) is 0 Å². The van der Waals surface area contributed by atoms with Gasteiger partial charge < -0.3 is 10.2 Å². The van der Waals surface area contributed by atoms with Gasteiger partial charge in [0.05, 0.1) is 0 Å². The molecule has 0 aromatic heterocycles. The van der Waals surface area contributed by atoms with Crippen LogP contribution >= 0.6 is 0 Å². The van der Waals surface area contributed by atoms with E-state index in [4.69, 9.17) is 0 Å². The zero-order valence-electron chi connectivity index (χ0n) is 14.4. The number of anilines is 1. The van der Waals surface area contributed by atoms with Crippen LogP contribution in [0.2, 0.25) is 0 Å². The van der Waals surface area contributed by atoms with E-state index in [2.05, 4.69) is 60.5 Å². The van der Waals surface area contributed by atoms with Crippen molar-refractivity contribution < 1.29 is 0 Å². The average Bonchev–Trinajstić information content (AvgIpc) is 3.37. The number of para-hydroxylation sites is 1. The van der Waals surface area contributed by atoms with Crippen LogP contribution < -0.4 is 10.2 Å². The first kappa shape index (κ1) is 15.0. The number of fused-ring (bicyclic) bond motifs is 2. The topological polar surface area (TPSA) is 15.3 Å². The third kappa shape index (κ3) is 3.10. The molecule has 2 heteroatoms. The summed E-state index contributed by atoms with van der Waals surface area (Å²) in [6.07, 6.45) is 9.69. The van der Waals surface area contributed by atoms with Crippen molar-refractivity contribution in [2.75, 3.05) is 18.0 Å². The third-order valence-electron chi connectivity index (χ3n) is 5.57. The molecule has 1 aliphatic carbocycles. The predicted octanol–water partition coefficient (Wildman–Crippen LogP) is 4.08. The van der Waals surface area contributed by atoms with Crippen molar-refractivity contribution in [2.45, 2.75) is 51.6 Å². The van der Waals surface area contributed by atoms with Crippen molar-refractivity contribution in [3.05, 3.63) is 53.1 Å². The Morgan fingerprint density at radius 2 is 1.96 bits per heavy atom. The first-order valence-corrected chi connectivity index (χ1v) is 9.18. The molecule has 0 radical (unpaired) electrons. The Morgan fingerprint density at radius 1 is 1.26 bits per heavy atom. The Hall–Kier alpha value is -1.54. The summed E-state index contributed by atoms with van der Waals surface area (Å²) in [6, 6.07) is 10.5. The van der Waals surface area contributed by atoms with Crippen molar-refractivity contribution in [1.82, 2.24) is 5.32 Å². The van der Waals surface area contributed by atoms with Crippen LogP contribution in [0.25, 0.3) is 0 Å². The number of allylic oxidation sites excluding steroid dienone is 4. The maximum Gasteiger partial charge on any atom is 0.0400 e. The summed E-state index contributed by atoms with van der Waals surface area (Å²) in [6.45, 7) is 6.87. The molecule has 3 aliphatic heterocycles. The van der Waals surface area contributed by atoms with Crippen LogP contribution in [0.5, 0.6) is 0 Å². The monoisotopic (exact) mass is 308 g/mol. The van der Waals surface area contributed by atoms with E-state index in [9.17, 15) is 0 Å². The molecule has 4 fully saturated rings. The van der Waals surface area contributed by atoms with E-state index in [1.165, 1.54) is 43.6 Å². The normalized spacial score (nSPS) is 27.0. The minimum absolute atomic E-state index is 0.613. The second-order valence-electron chi connectivity index (χ2n) is 7.49. The number of nitrogens with zero attached hydrogens (tertiary/aromatic N) is 1. The summed E-state index contributed by atoms with van der Waals surface area (Å²) in [4.78, 5) is 2.61. The molecule has 3 heterocycles. The van der Waals surface area contributed by atoms with Crippen LogP contribution in [-0.2, 0) is 6.42 Å². The summed E-state index contributed by atoms with van der Waals surface area (Å²) in [7, 11) is 0. The molecule has 3 saturated heterocycles. The molecule has 122 valence electrons. The van der Waals surface area contributed by atoms with E-state index in [-0.39, 0.29) is 0 Å². The highest BCUT2D eigenvalue weighted by Gasteiger charge is 2.37. The van der Waals surface area contributed by atoms with Crippen molar-refractivity contribution >= 4 is 5.69 Å². The summed E-state index contributed by atoms with van der Waals surface area (Å²) in [5.41, 5.74) is 6.25. The molecule has 1 N–H and O–H groups in total. The second-order valence-corrected chi connectivity index (χ2v) is 7.49. The molecule has 0 amide bonds. The fourth-order valence-electron chi connectivity index (χ4n) is 4.30. The SMILES string of the molecule is C/C=C\C(=C1CC1)[C@H](C)Cc1ccccc1N1CC2CC(C1)N2. The maximum atomic E-state index is 3.64. The zero-order chi connectivity index (χ0) is 15.8. The number of hydrogen-bond acceptors (Lipinski definition) is 2. The molecule has 2 nitrogen and oxygen atoms in total. The Labute approximate surface area is 140 Å². The lowest BCUT2D eigenvalue weighted by Gasteiger charge is -2.49. The van der Waals surface area contributed by atoms with Gasteiger partial charge in [0, 0.05) is 30.9 Å². The lowest BCUT2D eigenvalue weighted by molar-refractivity contribution is 0.225. The second kappa shape index (κ2) is 6.16. The van der Waals surface area contributed by atoms with E-state index in [1.807, 2.05) is 0 Å². The Balaban J connectivity index is 1.54. The van der Waals surface area contributed by atoms with Crippen molar-refractivity contribution in [1.29, 1.82) is 0 Å². The molecular weight excluding hydrogens is 280 g/mol. The molecule has 1 aromatic carbocycles. The van der Waals surface area contributed by atoms with Crippen LogP contribution in [0.4, 0.5) is 5.69 Å². The quantitative estimate of drug-likeness (QED) is 0.881. The molecule has 5 rings (SSSR count). The number of piperazine rings is 1. The van der Waals surface area contributed by atoms with Crippen molar-refractivity contribution in [3.8, 4) is 0 Å². The van der Waals surface area contributed by atoms with Crippen molar-refractivity contribution in [3.63, 3.8) is 0 Å². The largest absolute Gasteiger partial charge is 0.368 e. The lowest BCUT2D eigenvalue weighted by Crippen LogP contribution is -2.67. The molecule has 4 aliphatic rings. The van der Waals surface area contributed by atoms with Crippen LogP contribution in [0.15, 0.2) is 47.6 Å². The molecule has 0 spiro atoms. The summed E-state index contributed by atoms with van der Waals surface area (Å²) in [5.74, 6) is 0.613. The number of nitrogens with one attached hydrogen (secondary N) is 1. The fourth-order valence-corrected chi connectivity index (χ4v) is 4.30. The first-order chi connectivity index (χ1) is 11.2. The van der Waals surface area contributed by atoms with E-state index < -0.39 is 0 Å². The highest BCUT2D eigenvalue weighted by molar-refractivity contribution is 5.55. The summed E-state index contributed by atoms with van der Waals surface area (Å²) in [5, 5.41) is 3.64. The van der Waals surface area contributed by atoms with Crippen LogP contribution in [0.1, 0.15) is 38.7 Å². The summed E-state index contributed by atoms with van der Waals surface area (Å²) < 4.78 is 0. The highest BCUT2D eigenvalue weighted by atomic mass is 15.3. The van der Waals surface area contributed by atoms with E-state index in [1.54, 1.807) is 11.1 Å². The van der Waals surface area contributed by atoms with E-state index in [0.717, 1.165) is 6.42 Å². The highest BCUT2D eigenvalue weighted by Crippen LogP contribution is 2.37. The standard InChI is InChI=1S/C21H28N2/c1-3-6-20(16-9-10-16)15(2)11-17-7-4-5-8-21(17)23-13-18-12-19(14-23)22-18/h3-8,15,18-19,22H,9-14H2,1-2H3/b6-3-/t15-,18?,19?/m1/s1. The van der Waals surface area contributed by atoms with Crippen LogP contribution in [-0.4, -0.2) is 25.2 Å². The van der Waals surface area contributed by atoms with E-state index in [0.29, 0.717) is 18.0 Å². The van der Waals surface area contributed by atoms with Gasteiger partial charge in [0.25, 0.3) is 0 Å². The fraction of sp³-hybridized carbons (Fsp3) is 0.524. The van der Waals surface area contributed by atoms with Crippen LogP contribution in [0.3, 0.4) is 0 Å². The Morgan fingerprint density at radius 3 is 2.61 bits per heavy atom. The molecule has 1 saturated carbocycles. The minimum Gasteiger partial charge on any atom is -0.368 e. The average molecular weight is 308 g/mol. The molecule has 2 unspecified atom stereocenters. The Kier molecular flexibility index (Phi) is 4.02. The van der Waals surface area contributed by atoms with Crippen LogP contribution in [0, 0.1) is 5.92 Å². The Bertz CT molecular complexity index is 621. The molecule has 3 atom stereocenters. The zero-order valence-corrected chi connectivity index (χ0v) is 14.4. The summed E-state index contributed by atoms with van der Waals surface area (Å²) >= 11 is 0. The molecule has 1 aromatic rings. The first-order valence-electron chi connectivity index (χ1n) is 9.18. The number of benzene rings is 1. The predicted molar refractivity (Wildman–Crippen MR) is 97.9 cm³/mol. The maximum absolute atomic E-state index is 3.64. The van der Waals surface area contributed by atoms with Gasteiger partial charge in [-0.3, -0.25) is 0 Å². The van der Waals surface area contributed by atoms with E-state index >= 15 is 0 Å². The number of piperidine rings is 1. The molecular formula is C21H28N2. The van der Waals surface area contributed by atoms with Crippen molar-refractivity contribution in [2.24, 2.45) is 5.92 Å². The number of hydrogen-bond donors (Lipinski definition) is 1. The van der Waals surface area contributed by atoms with Gasteiger partial charge in [-0.1, -0.05) is 42.8 Å². The third-order valence-corrected chi connectivity index (χ3v) is 5.57. The van der Waals surface area contributed by atoms with Gasteiger partial charge in [-0.05, 0) is 55.7 Å². The molecule has 2 bridgehead atoms. The lowest BCUT2D eigenvalue weighted by atomic mass is 9.88. The number of rotatable bonds is 5. The van der Waals surface area contributed by atoms with Gasteiger partial charge in [0.15, 0.2) is 0 Å². The smallest absolute Gasteiger partial charge is 0.0400 e.